The lowest BCUT2D eigenvalue weighted by molar-refractivity contribution is -0.143. The number of likely N-dealkylation sites (tertiary alicyclic amines) is 1. The molecule has 1 aromatic rings. The zero-order valence-electron chi connectivity index (χ0n) is 13.9. The van der Waals surface area contributed by atoms with Crippen LogP contribution in [-0.4, -0.2) is 29.2 Å². The number of rotatable bonds is 4. The Morgan fingerprint density at radius 3 is 2.36 bits per heavy atom. The predicted octanol–water partition coefficient (Wildman–Crippen LogP) is 2.32. The van der Waals surface area contributed by atoms with E-state index in [-0.39, 0.29) is 35.8 Å². The minimum Gasteiger partial charge on any atom is -0.348 e. The molecule has 3 rings (SSSR count). The highest BCUT2D eigenvalue weighted by molar-refractivity contribution is 6.07. The molecule has 0 bridgehead atoms. The number of nitrogens with one attached hydrogen (secondary N) is 1. The summed E-state index contributed by atoms with van der Waals surface area (Å²) in [6.07, 6.45) is 3.21. The lowest BCUT2D eigenvalue weighted by Gasteiger charge is -2.19. The van der Waals surface area contributed by atoms with E-state index in [1.54, 1.807) is 6.92 Å². The van der Waals surface area contributed by atoms with Crippen molar-refractivity contribution in [3.8, 4) is 0 Å². The molecule has 1 N–H and O–H groups in total. The third-order valence-electron chi connectivity index (χ3n) is 5.04. The third kappa shape index (κ3) is 3.41. The van der Waals surface area contributed by atoms with Crippen molar-refractivity contribution < 1.29 is 23.2 Å². The molecule has 7 heteroatoms. The molecule has 1 saturated heterocycles. The molecule has 1 aliphatic heterocycles. The van der Waals surface area contributed by atoms with Gasteiger partial charge < -0.3 is 5.32 Å². The fourth-order valence-corrected chi connectivity index (χ4v) is 3.75. The zero-order valence-corrected chi connectivity index (χ0v) is 13.9. The zero-order chi connectivity index (χ0) is 18.1. The van der Waals surface area contributed by atoms with Crippen LogP contribution in [0.5, 0.6) is 0 Å². The summed E-state index contributed by atoms with van der Waals surface area (Å²) in [5, 5.41) is 2.56. The monoisotopic (exact) mass is 350 g/mol. The van der Waals surface area contributed by atoms with Gasteiger partial charge in [-0.2, -0.15) is 0 Å². The van der Waals surface area contributed by atoms with Crippen LogP contribution >= 0.6 is 0 Å². The van der Waals surface area contributed by atoms with E-state index in [0.717, 1.165) is 29.9 Å². The Morgan fingerprint density at radius 1 is 1.20 bits per heavy atom. The fourth-order valence-electron chi connectivity index (χ4n) is 3.75. The normalized spacial score (nSPS) is 24.2. The van der Waals surface area contributed by atoms with Gasteiger partial charge in [0.2, 0.25) is 17.7 Å². The molecule has 0 unspecified atom stereocenters. The summed E-state index contributed by atoms with van der Waals surface area (Å²) in [6.45, 7) is 1.19. The summed E-state index contributed by atoms with van der Waals surface area (Å²) < 4.78 is 26.7. The Morgan fingerprint density at radius 2 is 1.80 bits per heavy atom. The van der Waals surface area contributed by atoms with Gasteiger partial charge in [0.1, 0.15) is 18.2 Å². The van der Waals surface area contributed by atoms with E-state index in [0.29, 0.717) is 12.8 Å². The van der Waals surface area contributed by atoms with Gasteiger partial charge in [-0.25, -0.2) is 8.78 Å². The van der Waals surface area contributed by atoms with Crippen LogP contribution in [-0.2, 0) is 14.4 Å². The van der Waals surface area contributed by atoms with Gasteiger partial charge in [-0.1, -0.05) is 18.9 Å². The summed E-state index contributed by atoms with van der Waals surface area (Å²) in [4.78, 5) is 37.9. The van der Waals surface area contributed by atoms with Crippen LogP contribution in [0.2, 0.25) is 0 Å². The van der Waals surface area contributed by atoms with Gasteiger partial charge in [-0.05, 0) is 25.8 Å². The summed E-state index contributed by atoms with van der Waals surface area (Å²) >= 11 is 0. The summed E-state index contributed by atoms with van der Waals surface area (Å²) in [5.74, 6) is -3.18. The third-order valence-corrected chi connectivity index (χ3v) is 5.04. The number of hydrogen-bond acceptors (Lipinski definition) is 3. The summed E-state index contributed by atoms with van der Waals surface area (Å²) in [5.41, 5.74) is 0.141. The van der Waals surface area contributed by atoms with E-state index in [1.807, 2.05) is 0 Å². The molecule has 1 heterocycles. The second kappa shape index (κ2) is 6.90. The minimum absolute atomic E-state index is 0.141. The van der Waals surface area contributed by atoms with Crippen molar-refractivity contribution in [1.29, 1.82) is 0 Å². The van der Waals surface area contributed by atoms with Crippen LogP contribution in [0.4, 0.5) is 8.78 Å². The molecular formula is C18H20F2N2O3. The van der Waals surface area contributed by atoms with Crippen LogP contribution < -0.4 is 5.32 Å². The van der Waals surface area contributed by atoms with Crippen LogP contribution in [0.15, 0.2) is 18.2 Å². The molecule has 5 nitrogen and oxygen atoms in total. The number of fused-ring (bicyclic) bond motifs is 1. The van der Waals surface area contributed by atoms with E-state index < -0.39 is 23.6 Å². The number of hydrogen-bond donors (Lipinski definition) is 1. The molecule has 1 aliphatic carbocycles. The van der Waals surface area contributed by atoms with Gasteiger partial charge in [0.25, 0.3) is 0 Å². The molecule has 3 amide bonds. The van der Waals surface area contributed by atoms with Crippen molar-refractivity contribution in [2.75, 3.05) is 6.54 Å². The first-order valence-electron chi connectivity index (χ1n) is 8.48. The molecule has 0 spiro atoms. The van der Waals surface area contributed by atoms with E-state index in [2.05, 4.69) is 5.32 Å². The number of imide groups is 1. The second-order valence-electron chi connectivity index (χ2n) is 6.72. The highest BCUT2D eigenvalue weighted by Crippen LogP contribution is 2.37. The smallest absolute Gasteiger partial charge is 0.240 e. The number of nitrogens with zero attached hydrogens (tertiary/aromatic N) is 1. The Balaban J connectivity index is 1.64. The maximum absolute atomic E-state index is 13.8. The lowest BCUT2D eigenvalue weighted by atomic mass is 9.81. The van der Waals surface area contributed by atoms with Crippen LogP contribution in [0, 0.1) is 23.5 Å². The van der Waals surface area contributed by atoms with Gasteiger partial charge in [-0.15, -0.1) is 0 Å². The second-order valence-corrected chi connectivity index (χ2v) is 6.72. The van der Waals surface area contributed by atoms with Crippen LogP contribution in [0.1, 0.15) is 44.2 Å². The highest BCUT2D eigenvalue weighted by Gasteiger charge is 2.48. The molecule has 2 fully saturated rings. The largest absolute Gasteiger partial charge is 0.348 e. The topological polar surface area (TPSA) is 66.5 Å². The number of halogens is 2. The van der Waals surface area contributed by atoms with Crippen molar-refractivity contribution in [3.63, 3.8) is 0 Å². The molecule has 1 aromatic carbocycles. The summed E-state index contributed by atoms with van der Waals surface area (Å²) in [6, 6.07) is 2.41. The first-order chi connectivity index (χ1) is 11.9. The van der Waals surface area contributed by atoms with Gasteiger partial charge >= 0.3 is 0 Å². The molecular weight excluding hydrogens is 330 g/mol. The van der Waals surface area contributed by atoms with Gasteiger partial charge in [0.15, 0.2) is 0 Å². The summed E-state index contributed by atoms with van der Waals surface area (Å²) in [7, 11) is 0. The van der Waals surface area contributed by atoms with E-state index in [1.165, 1.54) is 6.07 Å². The Bertz CT molecular complexity index is 698. The maximum Gasteiger partial charge on any atom is 0.240 e. The van der Waals surface area contributed by atoms with Gasteiger partial charge in [0.05, 0.1) is 17.9 Å². The SMILES string of the molecule is C[C@H](NC(=O)CN1C(=O)[C@H]2CCCC[C@@H]2C1=O)c1ccc(F)cc1F. The number of amides is 3. The average molecular weight is 350 g/mol. The molecule has 0 aromatic heterocycles. The van der Waals surface area contributed by atoms with Crippen molar-refractivity contribution in [2.45, 2.75) is 38.6 Å². The van der Waals surface area contributed by atoms with Crippen LogP contribution in [0.3, 0.4) is 0 Å². The number of carbonyl (C=O) groups is 3. The molecule has 3 atom stereocenters. The maximum atomic E-state index is 13.8. The first kappa shape index (κ1) is 17.5. The van der Waals surface area contributed by atoms with Crippen molar-refractivity contribution in [3.05, 3.63) is 35.4 Å². The Labute approximate surface area is 144 Å². The molecule has 2 aliphatic rings. The van der Waals surface area contributed by atoms with Crippen molar-refractivity contribution >= 4 is 17.7 Å². The van der Waals surface area contributed by atoms with Crippen molar-refractivity contribution in [2.24, 2.45) is 11.8 Å². The predicted molar refractivity (Wildman–Crippen MR) is 85.1 cm³/mol. The quantitative estimate of drug-likeness (QED) is 0.848. The molecule has 1 saturated carbocycles. The standard InChI is InChI=1S/C18H20F2N2O3/c1-10(12-7-6-11(19)8-15(12)20)21-16(23)9-22-17(24)13-4-2-3-5-14(13)18(22)25/h6-8,10,13-14H,2-5,9H2,1H3,(H,21,23)/t10-,13-,14-/m0/s1. The van der Waals surface area contributed by atoms with Gasteiger partial charge in [0, 0.05) is 11.6 Å². The first-order valence-corrected chi connectivity index (χ1v) is 8.48. The van der Waals surface area contributed by atoms with E-state index in [9.17, 15) is 23.2 Å². The Hall–Kier alpha value is -2.31. The van der Waals surface area contributed by atoms with E-state index in [4.69, 9.17) is 0 Å². The molecule has 134 valence electrons. The molecule has 0 radical (unpaired) electrons. The van der Waals surface area contributed by atoms with Crippen LogP contribution in [0.25, 0.3) is 0 Å². The fraction of sp³-hybridized carbons (Fsp3) is 0.500. The number of carbonyl (C=O) groups excluding carboxylic acids is 3. The van der Waals surface area contributed by atoms with Crippen molar-refractivity contribution in [1.82, 2.24) is 10.2 Å². The van der Waals surface area contributed by atoms with E-state index >= 15 is 0 Å². The molecule has 25 heavy (non-hydrogen) atoms. The Kier molecular flexibility index (Phi) is 4.83. The highest BCUT2D eigenvalue weighted by atomic mass is 19.1. The average Bonchev–Trinajstić information content (AvgIpc) is 2.80. The minimum atomic E-state index is -0.757. The lowest BCUT2D eigenvalue weighted by Crippen LogP contribution is -2.41. The number of benzene rings is 1. The van der Waals surface area contributed by atoms with Gasteiger partial charge in [-0.3, -0.25) is 19.3 Å².